The van der Waals surface area contributed by atoms with Gasteiger partial charge in [0.05, 0.1) is 0 Å². The number of fused-ring (bicyclic) bond motifs is 2. The van der Waals surface area contributed by atoms with Gasteiger partial charge in [-0.3, -0.25) is 4.79 Å². The number of carbonyl (C=O) groups excluding carboxylic acids is 1. The van der Waals surface area contributed by atoms with E-state index in [2.05, 4.69) is 37.1 Å². The van der Waals surface area contributed by atoms with E-state index in [-0.39, 0.29) is 11.3 Å². The van der Waals surface area contributed by atoms with E-state index in [1.165, 1.54) is 11.1 Å². The number of likely N-dealkylation sites (tertiary alicyclic amines) is 1. The molecule has 1 spiro atoms. The van der Waals surface area contributed by atoms with Crippen LogP contribution in [0.3, 0.4) is 0 Å². The van der Waals surface area contributed by atoms with Gasteiger partial charge < -0.3 is 9.80 Å². The van der Waals surface area contributed by atoms with Gasteiger partial charge in [0.25, 0.3) is 5.91 Å². The van der Waals surface area contributed by atoms with Crippen molar-refractivity contribution in [1.82, 2.24) is 4.90 Å². The molecule has 25 heavy (non-hydrogen) atoms. The van der Waals surface area contributed by atoms with Crippen LogP contribution in [0.2, 0.25) is 0 Å². The summed E-state index contributed by atoms with van der Waals surface area (Å²) in [6.45, 7) is 7.19. The molecule has 2 aliphatic heterocycles. The molecule has 0 N–H and O–H groups in total. The number of rotatable bonds is 1. The highest BCUT2D eigenvalue weighted by Gasteiger charge is 2.46. The zero-order chi connectivity index (χ0) is 17.6. The summed E-state index contributed by atoms with van der Waals surface area (Å²) in [6, 6.07) is 14.5. The van der Waals surface area contributed by atoms with E-state index in [9.17, 15) is 4.79 Å². The van der Waals surface area contributed by atoms with Gasteiger partial charge in [-0.1, -0.05) is 35.4 Å². The number of aryl methyl sites for hydroxylation is 2. The third kappa shape index (κ3) is 2.77. The molecular formula is C22H26N2O. The van der Waals surface area contributed by atoms with Crippen LogP contribution in [-0.2, 0) is 5.41 Å². The Labute approximate surface area is 150 Å². The molecule has 2 aromatic rings. The maximum absolute atomic E-state index is 13.3. The van der Waals surface area contributed by atoms with Crippen LogP contribution >= 0.6 is 0 Å². The van der Waals surface area contributed by atoms with E-state index < -0.39 is 0 Å². The minimum absolute atomic E-state index is 0.118. The van der Waals surface area contributed by atoms with Crippen LogP contribution in [0.5, 0.6) is 0 Å². The first-order chi connectivity index (χ1) is 12.0. The molecule has 2 aromatic carbocycles. The van der Waals surface area contributed by atoms with Crippen molar-refractivity contribution in [2.45, 2.75) is 32.1 Å². The largest absolute Gasteiger partial charge is 0.307 e. The molecule has 0 unspecified atom stereocenters. The number of nitrogens with zero attached hydrogens (tertiary/aromatic N) is 2. The molecule has 1 saturated heterocycles. The SMILES string of the molecule is Cc1cccc(C(=O)N2CC3(CCN(C)CC3)c3cc(C)ccc32)c1. The normalized spacial score (nSPS) is 19.2. The first-order valence-corrected chi connectivity index (χ1v) is 9.17. The Morgan fingerprint density at radius 1 is 1.00 bits per heavy atom. The van der Waals surface area contributed by atoms with E-state index >= 15 is 0 Å². The van der Waals surface area contributed by atoms with Crippen molar-refractivity contribution in [3.8, 4) is 0 Å². The second kappa shape index (κ2) is 5.99. The predicted octanol–water partition coefficient (Wildman–Crippen LogP) is 3.93. The summed E-state index contributed by atoms with van der Waals surface area (Å²) in [5, 5.41) is 0. The van der Waals surface area contributed by atoms with Gasteiger partial charge in [-0.05, 0) is 70.6 Å². The quantitative estimate of drug-likeness (QED) is 0.789. The number of anilines is 1. The zero-order valence-corrected chi connectivity index (χ0v) is 15.4. The highest BCUT2D eigenvalue weighted by molar-refractivity contribution is 6.07. The van der Waals surface area contributed by atoms with Crippen molar-refractivity contribution in [3.05, 3.63) is 64.7 Å². The van der Waals surface area contributed by atoms with E-state index in [0.717, 1.165) is 49.3 Å². The first-order valence-electron chi connectivity index (χ1n) is 9.17. The van der Waals surface area contributed by atoms with Crippen LogP contribution in [0.1, 0.15) is 39.9 Å². The average molecular weight is 334 g/mol. The van der Waals surface area contributed by atoms with Crippen molar-refractivity contribution in [1.29, 1.82) is 0 Å². The Kier molecular flexibility index (Phi) is 3.92. The summed E-state index contributed by atoms with van der Waals surface area (Å²) < 4.78 is 0. The van der Waals surface area contributed by atoms with Gasteiger partial charge in [0.1, 0.15) is 0 Å². The lowest BCUT2D eigenvalue weighted by molar-refractivity contribution is 0.0979. The fourth-order valence-corrected chi connectivity index (χ4v) is 4.37. The summed E-state index contributed by atoms with van der Waals surface area (Å²) in [7, 11) is 2.19. The van der Waals surface area contributed by atoms with Gasteiger partial charge in [-0.15, -0.1) is 0 Å². The van der Waals surface area contributed by atoms with E-state index in [1.807, 2.05) is 36.1 Å². The van der Waals surface area contributed by atoms with Crippen LogP contribution in [0.4, 0.5) is 5.69 Å². The molecule has 2 heterocycles. The highest BCUT2D eigenvalue weighted by Crippen LogP contribution is 2.47. The Morgan fingerprint density at radius 3 is 2.44 bits per heavy atom. The van der Waals surface area contributed by atoms with Gasteiger partial charge >= 0.3 is 0 Å². The Hall–Kier alpha value is -2.13. The lowest BCUT2D eigenvalue weighted by Crippen LogP contribution is -2.44. The Balaban J connectivity index is 1.75. The molecule has 2 aliphatic rings. The lowest BCUT2D eigenvalue weighted by Gasteiger charge is -2.38. The molecule has 130 valence electrons. The van der Waals surface area contributed by atoms with Crippen LogP contribution in [0.25, 0.3) is 0 Å². The van der Waals surface area contributed by atoms with Gasteiger partial charge in [0, 0.05) is 23.2 Å². The topological polar surface area (TPSA) is 23.6 Å². The number of piperidine rings is 1. The highest BCUT2D eigenvalue weighted by atomic mass is 16.2. The molecule has 0 atom stereocenters. The smallest absolute Gasteiger partial charge is 0.258 e. The molecule has 0 aromatic heterocycles. The Bertz CT molecular complexity index is 819. The third-order valence-electron chi connectivity index (χ3n) is 5.93. The van der Waals surface area contributed by atoms with Gasteiger partial charge in [0.2, 0.25) is 0 Å². The zero-order valence-electron chi connectivity index (χ0n) is 15.4. The fourth-order valence-electron chi connectivity index (χ4n) is 4.37. The van der Waals surface area contributed by atoms with Gasteiger partial charge in [-0.2, -0.15) is 0 Å². The predicted molar refractivity (Wildman–Crippen MR) is 102 cm³/mol. The van der Waals surface area contributed by atoms with Crippen molar-refractivity contribution >= 4 is 11.6 Å². The summed E-state index contributed by atoms with van der Waals surface area (Å²) >= 11 is 0. The average Bonchev–Trinajstić information content (AvgIpc) is 2.91. The number of benzene rings is 2. The summed E-state index contributed by atoms with van der Waals surface area (Å²) in [5.41, 5.74) is 5.80. The van der Waals surface area contributed by atoms with Crippen molar-refractivity contribution < 1.29 is 4.79 Å². The molecule has 3 heteroatoms. The summed E-state index contributed by atoms with van der Waals surface area (Å²) in [5.74, 6) is 0.129. The molecule has 4 rings (SSSR count). The molecule has 3 nitrogen and oxygen atoms in total. The van der Waals surface area contributed by atoms with Gasteiger partial charge in [-0.25, -0.2) is 0 Å². The maximum atomic E-state index is 13.3. The number of hydrogen-bond acceptors (Lipinski definition) is 2. The molecule has 0 bridgehead atoms. The van der Waals surface area contributed by atoms with Crippen molar-refractivity contribution in [3.63, 3.8) is 0 Å². The standard InChI is InChI=1S/C22H26N2O/c1-16-5-4-6-18(13-16)21(25)24-15-22(9-11-23(3)12-10-22)19-14-17(2)7-8-20(19)24/h4-8,13-14H,9-12,15H2,1-3H3. The van der Waals surface area contributed by atoms with Crippen molar-refractivity contribution in [2.75, 3.05) is 31.6 Å². The summed E-state index contributed by atoms with van der Waals surface area (Å²) in [4.78, 5) is 17.7. The second-order valence-corrected chi connectivity index (χ2v) is 7.86. The summed E-state index contributed by atoms with van der Waals surface area (Å²) in [6.07, 6.45) is 2.25. The number of carbonyl (C=O) groups is 1. The molecule has 1 fully saturated rings. The minimum atomic E-state index is 0.118. The van der Waals surface area contributed by atoms with Gasteiger partial charge in [0.15, 0.2) is 0 Å². The van der Waals surface area contributed by atoms with E-state index in [0.29, 0.717) is 0 Å². The monoisotopic (exact) mass is 334 g/mol. The number of hydrogen-bond donors (Lipinski definition) is 0. The minimum Gasteiger partial charge on any atom is -0.307 e. The van der Waals surface area contributed by atoms with Crippen LogP contribution in [0, 0.1) is 13.8 Å². The maximum Gasteiger partial charge on any atom is 0.258 e. The van der Waals surface area contributed by atoms with Crippen LogP contribution < -0.4 is 4.90 Å². The first kappa shape index (κ1) is 16.3. The molecule has 0 radical (unpaired) electrons. The second-order valence-electron chi connectivity index (χ2n) is 7.86. The van der Waals surface area contributed by atoms with E-state index in [1.54, 1.807) is 0 Å². The fraction of sp³-hybridized carbons (Fsp3) is 0.409. The third-order valence-corrected chi connectivity index (χ3v) is 5.93. The molecular weight excluding hydrogens is 308 g/mol. The van der Waals surface area contributed by atoms with Crippen molar-refractivity contribution in [2.24, 2.45) is 0 Å². The molecule has 0 aliphatic carbocycles. The number of amides is 1. The Morgan fingerprint density at radius 2 is 1.72 bits per heavy atom. The van der Waals surface area contributed by atoms with Crippen LogP contribution in [0.15, 0.2) is 42.5 Å². The molecule has 1 amide bonds. The lowest BCUT2D eigenvalue weighted by atomic mass is 9.74. The molecule has 0 saturated carbocycles. The van der Waals surface area contributed by atoms with Crippen LogP contribution in [-0.4, -0.2) is 37.5 Å². The van der Waals surface area contributed by atoms with E-state index in [4.69, 9.17) is 0 Å².